The summed E-state index contributed by atoms with van der Waals surface area (Å²) in [5, 5.41) is 4.37. The van der Waals surface area contributed by atoms with Gasteiger partial charge >= 0.3 is 5.97 Å². The van der Waals surface area contributed by atoms with Gasteiger partial charge in [0.1, 0.15) is 0 Å². The number of carbonyl (C=O) groups excluding carboxylic acids is 1. The van der Waals surface area contributed by atoms with E-state index in [1.165, 1.54) is 12.0 Å². The first-order valence-corrected chi connectivity index (χ1v) is 6.10. The predicted molar refractivity (Wildman–Crippen MR) is 64.6 cm³/mol. The average Bonchev–Trinajstić information content (AvgIpc) is 2.57. The molecule has 0 bridgehead atoms. The monoisotopic (exact) mass is 242 g/mol. The maximum atomic E-state index is 10.9. The lowest BCUT2D eigenvalue weighted by atomic mass is 10.2. The molecule has 0 aliphatic carbocycles. The summed E-state index contributed by atoms with van der Waals surface area (Å²) in [5.74, 6) is -0.183. The summed E-state index contributed by atoms with van der Waals surface area (Å²) in [6, 6.07) is 0.232. The van der Waals surface area contributed by atoms with Gasteiger partial charge in [-0.25, -0.2) is 4.98 Å². The lowest BCUT2D eigenvalue weighted by Crippen LogP contribution is -2.22. The van der Waals surface area contributed by atoms with Crippen LogP contribution in [0.3, 0.4) is 0 Å². The van der Waals surface area contributed by atoms with E-state index in [1.807, 2.05) is 13.8 Å². The summed E-state index contributed by atoms with van der Waals surface area (Å²) < 4.78 is 4.58. The first-order chi connectivity index (χ1) is 7.54. The van der Waals surface area contributed by atoms with Gasteiger partial charge in [0, 0.05) is 17.5 Å². The molecule has 1 N–H and O–H groups in total. The Balaban J connectivity index is 2.43. The fraction of sp³-hybridized carbons (Fsp3) is 0.636. The molecule has 0 radical (unpaired) electrons. The van der Waals surface area contributed by atoms with Crippen LogP contribution in [-0.4, -0.2) is 24.6 Å². The van der Waals surface area contributed by atoms with E-state index in [0.717, 1.165) is 10.7 Å². The Morgan fingerprint density at radius 2 is 2.25 bits per heavy atom. The van der Waals surface area contributed by atoms with Crippen LogP contribution < -0.4 is 5.32 Å². The van der Waals surface area contributed by atoms with Crippen molar-refractivity contribution in [3.05, 3.63) is 15.6 Å². The van der Waals surface area contributed by atoms with Crippen molar-refractivity contribution in [1.82, 2.24) is 10.3 Å². The van der Waals surface area contributed by atoms with Crippen LogP contribution >= 0.6 is 11.3 Å². The molecular formula is C11H18N2O2S. The topological polar surface area (TPSA) is 51.2 Å². The highest BCUT2D eigenvalue weighted by Crippen LogP contribution is 2.24. The van der Waals surface area contributed by atoms with Crippen molar-refractivity contribution in [2.45, 2.75) is 33.2 Å². The highest BCUT2D eigenvalue weighted by Gasteiger charge is 2.12. The zero-order valence-electron chi connectivity index (χ0n) is 10.2. The standard InChI is InChI=1S/C11H18N2O2S/c1-7(12-6-5-10(14)15-4)11-8(2)13-9(3)16-11/h7,12H,5-6H2,1-4H3. The minimum atomic E-state index is -0.183. The van der Waals surface area contributed by atoms with E-state index >= 15 is 0 Å². The predicted octanol–water partition coefficient (Wildman–Crippen LogP) is 1.97. The Labute approximate surface area is 100 Å². The number of hydrogen-bond acceptors (Lipinski definition) is 5. The quantitative estimate of drug-likeness (QED) is 0.802. The minimum Gasteiger partial charge on any atom is -0.469 e. The lowest BCUT2D eigenvalue weighted by molar-refractivity contribution is -0.140. The molecular weight excluding hydrogens is 224 g/mol. The number of aromatic nitrogens is 1. The van der Waals surface area contributed by atoms with Crippen LogP contribution in [0.2, 0.25) is 0 Å². The number of aryl methyl sites for hydroxylation is 2. The van der Waals surface area contributed by atoms with Crippen molar-refractivity contribution in [2.24, 2.45) is 0 Å². The van der Waals surface area contributed by atoms with Gasteiger partial charge in [-0.05, 0) is 20.8 Å². The first kappa shape index (κ1) is 13.1. The van der Waals surface area contributed by atoms with Gasteiger partial charge in [-0.1, -0.05) is 0 Å². The molecule has 0 aliphatic heterocycles. The molecule has 0 aromatic carbocycles. The molecule has 5 heteroatoms. The second-order valence-electron chi connectivity index (χ2n) is 3.68. The maximum absolute atomic E-state index is 10.9. The molecule has 1 aromatic heterocycles. The van der Waals surface area contributed by atoms with Gasteiger partial charge in [-0.15, -0.1) is 11.3 Å². The fourth-order valence-electron chi connectivity index (χ4n) is 1.53. The van der Waals surface area contributed by atoms with Crippen LogP contribution in [0.1, 0.15) is 35.0 Å². The summed E-state index contributed by atoms with van der Waals surface area (Å²) in [6.07, 6.45) is 0.400. The van der Waals surface area contributed by atoms with Gasteiger partial charge in [0.25, 0.3) is 0 Å². The molecule has 1 aromatic rings. The second-order valence-corrected chi connectivity index (χ2v) is 4.92. The molecule has 16 heavy (non-hydrogen) atoms. The molecule has 1 heterocycles. The van der Waals surface area contributed by atoms with Gasteiger partial charge in [-0.3, -0.25) is 4.79 Å². The molecule has 0 saturated carbocycles. The van der Waals surface area contributed by atoms with Crippen LogP contribution in [0.25, 0.3) is 0 Å². The fourth-order valence-corrected chi connectivity index (χ4v) is 2.49. The Kier molecular flexibility index (Phi) is 4.89. The number of hydrogen-bond donors (Lipinski definition) is 1. The number of rotatable bonds is 5. The Morgan fingerprint density at radius 3 is 2.75 bits per heavy atom. The van der Waals surface area contributed by atoms with E-state index in [0.29, 0.717) is 13.0 Å². The molecule has 1 unspecified atom stereocenters. The number of carbonyl (C=O) groups is 1. The smallest absolute Gasteiger partial charge is 0.306 e. The Morgan fingerprint density at radius 1 is 1.56 bits per heavy atom. The second kappa shape index (κ2) is 5.96. The highest BCUT2D eigenvalue weighted by molar-refractivity contribution is 7.11. The molecule has 1 rings (SSSR count). The van der Waals surface area contributed by atoms with Crippen LogP contribution in [0.4, 0.5) is 0 Å². The SMILES string of the molecule is COC(=O)CCNC(C)c1sc(C)nc1C. The van der Waals surface area contributed by atoms with E-state index in [2.05, 4.69) is 22.0 Å². The average molecular weight is 242 g/mol. The third-order valence-corrected chi connectivity index (χ3v) is 3.60. The van der Waals surface area contributed by atoms with Crippen LogP contribution in [0.15, 0.2) is 0 Å². The van der Waals surface area contributed by atoms with Gasteiger partial charge in [0.05, 0.1) is 24.2 Å². The summed E-state index contributed by atoms with van der Waals surface area (Å²) in [4.78, 5) is 16.5. The minimum absolute atomic E-state index is 0.183. The lowest BCUT2D eigenvalue weighted by Gasteiger charge is -2.11. The van der Waals surface area contributed by atoms with Crippen molar-refractivity contribution in [1.29, 1.82) is 0 Å². The van der Waals surface area contributed by atoms with Crippen LogP contribution in [0.5, 0.6) is 0 Å². The van der Waals surface area contributed by atoms with E-state index in [9.17, 15) is 4.79 Å². The summed E-state index contributed by atoms with van der Waals surface area (Å²) in [6.45, 7) is 6.72. The van der Waals surface area contributed by atoms with Gasteiger partial charge in [0.2, 0.25) is 0 Å². The van der Waals surface area contributed by atoms with Crippen molar-refractivity contribution < 1.29 is 9.53 Å². The molecule has 0 aliphatic rings. The largest absolute Gasteiger partial charge is 0.469 e. The molecule has 0 amide bonds. The van der Waals surface area contributed by atoms with E-state index in [4.69, 9.17) is 0 Å². The number of thiazole rings is 1. The molecule has 90 valence electrons. The first-order valence-electron chi connectivity index (χ1n) is 5.28. The molecule has 1 atom stereocenters. The Hall–Kier alpha value is -0.940. The Bertz CT molecular complexity index is 363. The summed E-state index contributed by atoms with van der Waals surface area (Å²) in [7, 11) is 1.41. The maximum Gasteiger partial charge on any atom is 0.306 e. The zero-order valence-corrected chi connectivity index (χ0v) is 11.0. The number of esters is 1. The van der Waals surface area contributed by atoms with Crippen molar-refractivity contribution >= 4 is 17.3 Å². The van der Waals surface area contributed by atoms with Gasteiger partial charge in [-0.2, -0.15) is 0 Å². The number of methoxy groups -OCH3 is 1. The highest BCUT2D eigenvalue weighted by atomic mass is 32.1. The van der Waals surface area contributed by atoms with Gasteiger partial charge < -0.3 is 10.1 Å². The number of nitrogens with zero attached hydrogens (tertiary/aromatic N) is 1. The van der Waals surface area contributed by atoms with Crippen LogP contribution in [-0.2, 0) is 9.53 Å². The third-order valence-electron chi connectivity index (χ3n) is 2.34. The third kappa shape index (κ3) is 3.57. The van der Waals surface area contributed by atoms with Crippen molar-refractivity contribution in [3.8, 4) is 0 Å². The summed E-state index contributed by atoms with van der Waals surface area (Å²) in [5.41, 5.74) is 1.07. The molecule has 0 spiro atoms. The van der Waals surface area contributed by atoms with Gasteiger partial charge in [0.15, 0.2) is 0 Å². The molecule has 0 fully saturated rings. The molecule has 4 nitrogen and oxygen atoms in total. The van der Waals surface area contributed by atoms with E-state index in [1.54, 1.807) is 11.3 Å². The van der Waals surface area contributed by atoms with E-state index in [-0.39, 0.29) is 12.0 Å². The van der Waals surface area contributed by atoms with Crippen LogP contribution in [0, 0.1) is 13.8 Å². The normalized spacial score (nSPS) is 12.5. The number of nitrogens with one attached hydrogen (secondary N) is 1. The van der Waals surface area contributed by atoms with E-state index < -0.39 is 0 Å². The van der Waals surface area contributed by atoms with Crippen molar-refractivity contribution in [3.63, 3.8) is 0 Å². The molecule has 0 saturated heterocycles. The zero-order chi connectivity index (χ0) is 12.1. The number of ether oxygens (including phenoxy) is 1. The van der Waals surface area contributed by atoms with Crippen molar-refractivity contribution in [2.75, 3.05) is 13.7 Å². The summed E-state index contributed by atoms with van der Waals surface area (Å²) >= 11 is 1.70.